The largest absolute Gasteiger partial charge is 0.494 e. The number of hydrazone groups is 1. The highest BCUT2D eigenvalue weighted by molar-refractivity contribution is 7.80. The fourth-order valence-electron chi connectivity index (χ4n) is 1.61. The minimum absolute atomic E-state index is 0.149. The van der Waals surface area contributed by atoms with E-state index in [1.807, 2.05) is 39.2 Å². The zero-order valence-electron chi connectivity index (χ0n) is 11.5. The predicted molar refractivity (Wildman–Crippen MR) is 82.5 cm³/mol. The first-order chi connectivity index (χ1) is 9.02. The van der Waals surface area contributed by atoms with Gasteiger partial charge in [0.2, 0.25) is 0 Å². The van der Waals surface area contributed by atoms with Crippen molar-refractivity contribution in [2.24, 2.45) is 10.8 Å². The first kappa shape index (κ1) is 15.4. The van der Waals surface area contributed by atoms with Crippen molar-refractivity contribution >= 4 is 23.5 Å². The number of nitrogens with two attached hydrogens (primary N) is 1. The van der Waals surface area contributed by atoms with Gasteiger partial charge in [0.05, 0.1) is 12.8 Å². The number of nitrogens with zero attached hydrogens (tertiary/aromatic N) is 2. The second-order valence-corrected chi connectivity index (χ2v) is 4.71. The fourth-order valence-corrected chi connectivity index (χ4v) is 1.66. The molecule has 0 aliphatic carbocycles. The van der Waals surface area contributed by atoms with Crippen LogP contribution in [0.5, 0.6) is 5.75 Å². The molecule has 1 aromatic carbocycles. The van der Waals surface area contributed by atoms with Crippen molar-refractivity contribution in [3.8, 4) is 5.75 Å². The Labute approximate surface area is 119 Å². The van der Waals surface area contributed by atoms with Crippen LogP contribution in [0, 0.1) is 0 Å². The second-order valence-electron chi connectivity index (χ2n) is 4.27. The molecule has 5 nitrogen and oxygen atoms in total. The van der Waals surface area contributed by atoms with Gasteiger partial charge in [0.15, 0.2) is 5.11 Å². The van der Waals surface area contributed by atoms with Gasteiger partial charge in [-0.15, -0.1) is 0 Å². The van der Waals surface area contributed by atoms with Crippen LogP contribution >= 0.6 is 12.2 Å². The molecule has 0 fully saturated rings. The molecule has 3 N–H and O–H groups in total. The number of hydrogen-bond acceptors (Lipinski definition) is 4. The Morgan fingerprint density at radius 2 is 2.26 bits per heavy atom. The van der Waals surface area contributed by atoms with Crippen LogP contribution in [0.3, 0.4) is 0 Å². The van der Waals surface area contributed by atoms with Crippen molar-refractivity contribution in [1.29, 1.82) is 0 Å². The Morgan fingerprint density at radius 1 is 1.53 bits per heavy atom. The Balaban J connectivity index is 2.90. The molecule has 0 bridgehead atoms. The van der Waals surface area contributed by atoms with Gasteiger partial charge in [0.1, 0.15) is 5.75 Å². The first-order valence-electron chi connectivity index (χ1n) is 6.02. The summed E-state index contributed by atoms with van der Waals surface area (Å²) in [6.45, 7) is 3.43. The Kier molecular flexibility index (Phi) is 6.24. The van der Waals surface area contributed by atoms with Gasteiger partial charge in [0, 0.05) is 12.1 Å². The van der Waals surface area contributed by atoms with Crippen LogP contribution in [0.4, 0.5) is 0 Å². The molecule has 1 rings (SSSR count). The number of nitrogens with one attached hydrogen (secondary N) is 1. The summed E-state index contributed by atoms with van der Waals surface area (Å²) in [6, 6.07) is 5.93. The molecular weight excluding hydrogens is 260 g/mol. The summed E-state index contributed by atoms with van der Waals surface area (Å²) in [6.07, 6.45) is 1.67. The highest BCUT2D eigenvalue weighted by Gasteiger charge is 2.05. The lowest BCUT2D eigenvalue weighted by Crippen LogP contribution is -2.24. The van der Waals surface area contributed by atoms with E-state index in [0.29, 0.717) is 6.61 Å². The van der Waals surface area contributed by atoms with E-state index in [1.54, 1.807) is 6.21 Å². The van der Waals surface area contributed by atoms with Gasteiger partial charge in [-0.25, -0.2) is 0 Å². The highest BCUT2D eigenvalue weighted by Crippen LogP contribution is 2.20. The van der Waals surface area contributed by atoms with Crippen molar-refractivity contribution < 1.29 is 4.74 Å². The van der Waals surface area contributed by atoms with E-state index in [9.17, 15) is 0 Å². The van der Waals surface area contributed by atoms with Crippen LogP contribution in [0.25, 0.3) is 0 Å². The molecule has 1 aromatic rings. The molecule has 0 radical (unpaired) electrons. The normalized spacial score (nSPS) is 10.9. The maximum atomic E-state index is 5.61. The quantitative estimate of drug-likeness (QED) is 0.467. The zero-order chi connectivity index (χ0) is 14.3. The minimum atomic E-state index is 0.149. The SMILES string of the molecule is CCOc1ccc(C=NNC(N)=S)cc1CN(C)C. The van der Waals surface area contributed by atoms with E-state index >= 15 is 0 Å². The lowest BCUT2D eigenvalue weighted by atomic mass is 10.1. The molecule has 6 heteroatoms. The van der Waals surface area contributed by atoms with Crippen molar-refractivity contribution in [3.05, 3.63) is 29.3 Å². The maximum absolute atomic E-state index is 5.61. The van der Waals surface area contributed by atoms with E-state index in [2.05, 4.69) is 27.6 Å². The Hall–Kier alpha value is -1.66. The van der Waals surface area contributed by atoms with Crippen LogP contribution < -0.4 is 15.9 Å². The van der Waals surface area contributed by atoms with Gasteiger partial charge in [0.25, 0.3) is 0 Å². The number of benzene rings is 1. The molecule has 0 aliphatic heterocycles. The maximum Gasteiger partial charge on any atom is 0.184 e. The minimum Gasteiger partial charge on any atom is -0.494 e. The summed E-state index contributed by atoms with van der Waals surface area (Å²) in [5.41, 5.74) is 9.91. The van der Waals surface area contributed by atoms with Gasteiger partial charge >= 0.3 is 0 Å². The standard InChI is InChI=1S/C13H20N4OS/c1-4-18-12-6-5-10(8-15-16-13(14)19)7-11(12)9-17(2)3/h5-8H,4,9H2,1-3H3,(H3,14,16,19). The average Bonchev–Trinajstić information content (AvgIpc) is 2.31. The van der Waals surface area contributed by atoms with Crippen molar-refractivity contribution in [3.63, 3.8) is 0 Å². The number of ether oxygens (including phenoxy) is 1. The lowest BCUT2D eigenvalue weighted by molar-refractivity contribution is 0.325. The Bertz CT molecular complexity index is 460. The molecule has 0 amide bonds. The molecular formula is C13H20N4OS. The molecule has 0 atom stereocenters. The molecule has 0 heterocycles. The molecule has 0 aliphatic rings. The molecule has 0 aromatic heterocycles. The van der Waals surface area contributed by atoms with Crippen LogP contribution in [-0.4, -0.2) is 36.9 Å². The van der Waals surface area contributed by atoms with Crippen LogP contribution in [0.1, 0.15) is 18.1 Å². The van der Waals surface area contributed by atoms with E-state index in [0.717, 1.165) is 23.4 Å². The number of thiocarbonyl (C=S) groups is 1. The molecule has 19 heavy (non-hydrogen) atoms. The van der Waals surface area contributed by atoms with Crippen molar-refractivity contribution in [1.82, 2.24) is 10.3 Å². The fraction of sp³-hybridized carbons (Fsp3) is 0.385. The molecule has 0 spiro atoms. The predicted octanol–water partition coefficient (Wildman–Crippen LogP) is 1.31. The van der Waals surface area contributed by atoms with E-state index < -0.39 is 0 Å². The third-order valence-corrected chi connectivity index (χ3v) is 2.35. The van der Waals surface area contributed by atoms with E-state index in [-0.39, 0.29) is 5.11 Å². The average molecular weight is 280 g/mol. The molecule has 0 saturated heterocycles. The summed E-state index contributed by atoms with van der Waals surface area (Å²) in [5, 5.41) is 4.09. The highest BCUT2D eigenvalue weighted by atomic mass is 32.1. The van der Waals surface area contributed by atoms with Gasteiger partial charge in [-0.2, -0.15) is 5.10 Å². The van der Waals surface area contributed by atoms with Gasteiger partial charge in [-0.05, 0) is 57.0 Å². The van der Waals surface area contributed by atoms with Crippen molar-refractivity contribution in [2.75, 3.05) is 20.7 Å². The first-order valence-corrected chi connectivity index (χ1v) is 6.42. The molecule has 104 valence electrons. The molecule has 0 unspecified atom stereocenters. The van der Waals surface area contributed by atoms with E-state index in [4.69, 9.17) is 10.5 Å². The van der Waals surface area contributed by atoms with Crippen LogP contribution in [-0.2, 0) is 6.54 Å². The lowest BCUT2D eigenvalue weighted by Gasteiger charge is -2.15. The van der Waals surface area contributed by atoms with E-state index in [1.165, 1.54) is 0 Å². The summed E-state index contributed by atoms with van der Waals surface area (Å²) < 4.78 is 5.61. The molecule has 0 saturated carbocycles. The third kappa shape index (κ3) is 5.67. The summed E-state index contributed by atoms with van der Waals surface area (Å²) in [7, 11) is 4.04. The number of rotatable bonds is 6. The zero-order valence-corrected chi connectivity index (χ0v) is 12.3. The Morgan fingerprint density at radius 3 is 2.84 bits per heavy atom. The van der Waals surface area contributed by atoms with Crippen molar-refractivity contribution in [2.45, 2.75) is 13.5 Å². The summed E-state index contributed by atoms with van der Waals surface area (Å²) in [4.78, 5) is 2.09. The van der Waals surface area contributed by atoms with Gasteiger partial charge in [-0.1, -0.05) is 0 Å². The topological polar surface area (TPSA) is 62.9 Å². The third-order valence-electron chi connectivity index (χ3n) is 2.26. The smallest absolute Gasteiger partial charge is 0.184 e. The van der Waals surface area contributed by atoms with Crippen LogP contribution in [0.2, 0.25) is 0 Å². The summed E-state index contributed by atoms with van der Waals surface area (Å²) >= 11 is 4.68. The summed E-state index contributed by atoms with van der Waals surface area (Å²) in [5.74, 6) is 0.899. The van der Waals surface area contributed by atoms with Crippen LogP contribution in [0.15, 0.2) is 23.3 Å². The van der Waals surface area contributed by atoms with Gasteiger partial charge < -0.3 is 15.4 Å². The van der Waals surface area contributed by atoms with Gasteiger partial charge in [-0.3, -0.25) is 5.43 Å². The monoisotopic (exact) mass is 280 g/mol. The second kappa shape index (κ2) is 7.70. The number of hydrogen-bond donors (Lipinski definition) is 2.